The monoisotopic (exact) mass is 311 g/mol. The van der Waals surface area contributed by atoms with Crippen molar-refractivity contribution in [1.29, 1.82) is 0 Å². The fourth-order valence-corrected chi connectivity index (χ4v) is 2.21. The molecule has 0 saturated carbocycles. The van der Waals surface area contributed by atoms with Gasteiger partial charge in [-0.05, 0) is 37.2 Å². The summed E-state index contributed by atoms with van der Waals surface area (Å²) in [6.45, 7) is 2.92. The Morgan fingerprint density at radius 1 is 0.957 bits per heavy atom. The molecule has 0 saturated heterocycles. The van der Waals surface area contributed by atoms with Crippen LogP contribution in [0.2, 0.25) is 0 Å². The number of hydrogen-bond donors (Lipinski definition) is 2. The molecule has 0 spiro atoms. The molecule has 23 heavy (non-hydrogen) atoms. The number of hydrogen-bond acceptors (Lipinski definition) is 3. The molecule has 2 rings (SSSR count). The van der Waals surface area contributed by atoms with Crippen molar-refractivity contribution in [3.05, 3.63) is 71.3 Å². The number of rotatable bonds is 5. The van der Waals surface area contributed by atoms with Crippen molar-refractivity contribution in [1.82, 2.24) is 15.8 Å². The molecule has 0 aliphatic rings. The van der Waals surface area contributed by atoms with E-state index in [1.54, 1.807) is 24.3 Å². The van der Waals surface area contributed by atoms with Gasteiger partial charge in [0.15, 0.2) is 0 Å². The van der Waals surface area contributed by atoms with E-state index in [1.165, 1.54) is 11.1 Å². The van der Waals surface area contributed by atoms with Crippen LogP contribution in [0.4, 0.5) is 0 Å². The topological polar surface area (TPSA) is 61.4 Å². The van der Waals surface area contributed by atoms with Crippen molar-refractivity contribution in [2.45, 2.75) is 13.5 Å². The second-order valence-electron chi connectivity index (χ2n) is 5.47. The second-order valence-corrected chi connectivity index (χ2v) is 5.47. The van der Waals surface area contributed by atoms with Gasteiger partial charge in [0.25, 0.3) is 11.8 Å². The number of carbonyl (C=O) groups is 2. The van der Waals surface area contributed by atoms with Crippen molar-refractivity contribution in [2.75, 3.05) is 13.6 Å². The minimum absolute atomic E-state index is 0.198. The van der Waals surface area contributed by atoms with Gasteiger partial charge in [-0.15, -0.1) is 0 Å². The van der Waals surface area contributed by atoms with E-state index < -0.39 is 0 Å². The van der Waals surface area contributed by atoms with Crippen molar-refractivity contribution in [2.24, 2.45) is 0 Å². The van der Waals surface area contributed by atoms with E-state index in [9.17, 15) is 9.59 Å². The third-order valence-corrected chi connectivity index (χ3v) is 3.47. The molecule has 5 nitrogen and oxygen atoms in total. The van der Waals surface area contributed by atoms with E-state index in [0.717, 1.165) is 0 Å². The van der Waals surface area contributed by atoms with E-state index in [0.29, 0.717) is 12.1 Å². The number of aryl methyl sites for hydroxylation is 1. The summed E-state index contributed by atoms with van der Waals surface area (Å²) in [5, 5.41) is 0. The molecule has 2 amide bonds. The average molecular weight is 311 g/mol. The Balaban J connectivity index is 1.78. The zero-order chi connectivity index (χ0) is 16.7. The van der Waals surface area contributed by atoms with Crippen LogP contribution in [0.3, 0.4) is 0 Å². The summed E-state index contributed by atoms with van der Waals surface area (Å²) in [4.78, 5) is 25.6. The number of carbonyl (C=O) groups excluding carboxylic acids is 2. The predicted octanol–water partition coefficient (Wildman–Crippen LogP) is 1.89. The quantitative estimate of drug-likeness (QED) is 0.829. The van der Waals surface area contributed by atoms with Gasteiger partial charge in [0, 0.05) is 12.1 Å². The third-order valence-electron chi connectivity index (χ3n) is 3.47. The molecule has 0 atom stereocenters. The van der Waals surface area contributed by atoms with E-state index in [1.807, 2.05) is 49.2 Å². The predicted molar refractivity (Wildman–Crippen MR) is 89.6 cm³/mol. The molecule has 0 aliphatic heterocycles. The van der Waals surface area contributed by atoms with E-state index in [-0.39, 0.29) is 18.4 Å². The van der Waals surface area contributed by atoms with Crippen LogP contribution in [0.15, 0.2) is 54.6 Å². The molecule has 0 aliphatic carbocycles. The van der Waals surface area contributed by atoms with Gasteiger partial charge in [0.05, 0.1) is 6.54 Å². The lowest BCUT2D eigenvalue weighted by molar-refractivity contribution is -0.122. The van der Waals surface area contributed by atoms with Gasteiger partial charge < -0.3 is 0 Å². The molecule has 5 heteroatoms. The zero-order valence-corrected chi connectivity index (χ0v) is 13.4. The average Bonchev–Trinajstić information content (AvgIpc) is 2.55. The maximum absolute atomic E-state index is 11.9. The van der Waals surface area contributed by atoms with Crippen molar-refractivity contribution in [3.8, 4) is 0 Å². The number of nitrogens with one attached hydrogen (secondary N) is 2. The number of hydrazine groups is 1. The summed E-state index contributed by atoms with van der Waals surface area (Å²) in [7, 11) is 1.87. The molecular weight excluding hydrogens is 290 g/mol. The van der Waals surface area contributed by atoms with E-state index in [4.69, 9.17) is 0 Å². The Bertz CT molecular complexity index is 671. The van der Waals surface area contributed by atoms with Crippen LogP contribution in [0.5, 0.6) is 0 Å². The highest BCUT2D eigenvalue weighted by Gasteiger charge is 2.10. The van der Waals surface area contributed by atoms with Crippen LogP contribution in [-0.4, -0.2) is 30.3 Å². The first-order valence-corrected chi connectivity index (χ1v) is 7.43. The Labute approximate surface area is 136 Å². The Kier molecular flexibility index (Phi) is 5.88. The molecule has 0 fully saturated rings. The third kappa shape index (κ3) is 5.23. The van der Waals surface area contributed by atoms with Crippen molar-refractivity contribution in [3.63, 3.8) is 0 Å². The summed E-state index contributed by atoms with van der Waals surface area (Å²) in [6.07, 6.45) is 0. The molecule has 2 N–H and O–H groups in total. The number of amides is 2. The highest BCUT2D eigenvalue weighted by Crippen LogP contribution is 2.09. The van der Waals surface area contributed by atoms with Gasteiger partial charge in [-0.3, -0.25) is 25.3 Å². The van der Waals surface area contributed by atoms with Crippen molar-refractivity contribution < 1.29 is 9.59 Å². The molecule has 0 radical (unpaired) electrons. The molecule has 120 valence electrons. The largest absolute Gasteiger partial charge is 0.293 e. The van der Waals surface area contributed by atoms with E-state index in [2.05, 4.69) is 10.9 Å². The lowest BCUT2D eigenvalue weighted by Crippen LogP contribution is -2.45. The molecule has 0 aromatic heterocycles. The Morgan fingerprint density at radius 3 is 2.30 bits per heavy atom. The summed E-state index contributed by atoms with van der Waals surface area (Å²) in [5.74, 6) is -0.592. The minimum atomic E-state index is -0.333. The highest BCUT2D eigenvalue weighted by atomic mass is 16.2. The number of nitrogens with zero attached hydrogens (tertiary/aromatic N) is 1. The second kappa shape index (κ2) is 8.10. The van der Waals surface area contributed by atoms with Crippen LogP contribution < -0.4 is 10.9 Å². The first-order valence-electron chi connectivity index (χ1n) is 7.43. The normalized spacial score (nSPS) is 10.4. The molecule has 0 unspecified atom stereocenters. The summed E-state index contributed by atoms with van der Waals surface area (Å²) >= 11 is 0. The van der Waals surface area contributed by atoms with Crippen molar-refractivity contribution >= 4 is 11.8 Å². The Hall–Kier alpha value is -2.66. The van der Waals surface area contributed by atoms with Gasteiger partial charge in [-0.25, -0.2) is 0 Å². The minimum Gasteiger partial charge on any atom is -0.293 e. The lowest BCUT2D eigenvalue weighted by atomic mass is 10.1. The maximum atomic E-state index is 11.9. The van der Waals surface area contributed by atoms with Gasteiger partial charge in [0.2, 0.25) is 0 Å². The first kappa shape index (κ1) is 16.7. The molecular formula is C18H21N3O2. The van der Waals surface area contributed by atoms with Crippen LogP contribution in [-0.2, 0) is 11.3 Å². The molecule has 2 aromatic rings. The van der Waals surface area contributed by atoms with Gasteiger partial charge in [-0.1, -0.05) is 42.5 Å². The van der Waals surface area contributed by atoms with Crippen LogP contribution in [0, 0.1) is 6.92 Å². The van der Waals surface area contributed by atoms with Crippen LogP contribution in [0.1, 0.15) is 21.5 Å². The molecule has 0 heterocycles. The van der Waals surface area contributed by atoms with Gasteiger partial charge in [-0.2, -0.15) is 0 Å². The Morgan fingerprint density at radius 2 is 1.61 bits per heavy atom. The SMILES string of the molecule is Cc1ccccc1CN(C)CC(=O)NNC(=O)c1ccccc1. The van der Waals surface area contributed by atoms with Crippen LogP contribution >= 0.6 is 0 Å². The summed E-state index contributed by atoms with van der Waals surface area (Å²) in [5.41, 5.74) is 7.72. The van der Waals surface area contributed by atoms with E-state index >= 15 is 0 Å². The standard InChI is InChI=1S/C18H21N3O2/c1-14-8-6-7-11-16(14)12-21(2)13-17(22)19-20-18(23)15-9-4-3-5-10-15/h3-11H,12-13H2,1-2H3,(H,19,22)(H,20,23). The maximum Gasteiger partial charge on any atom is 0.269 e. The van der Waals surface area contributed by atoms with Gasteiger partial charge in [0.1, 0.15) is 0 Å². The molecule has 0 bridgehead atoms. The highest BCUT2D eigenvalue weighted by molar-refractivity contribution is 5.95. The number of likely N-dealkylation sites (N-methyl/N-ethyl adjacent to an activating group) is 1. The fraction of sp³-hybridized carbons (Fsp3) is 0.222. The molecule has 2 aromatic carbocycles. The summed E-state index contributed by atoms with van der Waals surface area (Å²) < 4.78 is 0. The first-order chi connectivity index (χ1) is 11.1. The fourth-order valence-electron chi connectivity index (χ4n) is 2.21. The lowest BCUT2D eigenvalue weighted by Gasteiger charge is -2.17. The number of benzene rings is 2. The smallest absolute Gasteiger partial charge is 0.269 e. The summed E-state index contributed by atoms with van der Waals surface area (Å²) in [6, 6.07) is 16.8. The zero-order valence-electron chi connectivity index (χ0n) is 13.4. The van der Waals surface area contributed by atoms with Gasteiger partial charge >= 0.3 is 0 Å². The van der Waals surface area contributed by atoms with Crippen LogP contribution in [0.25, 0.3) is 0 Å².